The van der Waals surface area contributed by atoms with Crippen molar-refractivity contribution in [3.63, 3.8) is 0 Å². The van der Waals surface area contributed by atoms with E-state index >= 15 is 0 Å². The number of hydrogen-bond acceptors (Lipinski definition) is 3. The van der Waals surface area contributed by atoms with Gasteiger partial charge in [-0.25, -0.2) is 0 Å². The lowest BCUT2D eigenvalue weighted by Gasteiger charge is -2.33. The molecule has 2 rings (SSSR count). The molecule has 0 aliphatic carbocycles. The van der Waals surface area contributed by atoms with Gasteiger partial charge >= 0.3 is 0 Å². The summed E-state index contributed by atoms with van der Waals surface area (Å²) in [7, 11) is 0. The van der Waals surface area contributed by atoms with E-state index in [9.17, 15) is 0 Å². The topological polar surface area (TPSA) is 21.3 Å². The fourth-order valence-corrected chi connectivity index (χ4v) is 2.80. The van der Waals surface area contributed by atoms with Crippen LogP contribution in [0.5, 0.6) is 0 Å². The highest BCUT2D eigenvalue weighted by Gasteiger charge is 2.26. The lowest BCUT2D eigenvalue weighted by molar-refractivity contribution is 0.0242. The van der Waals surface area contributed by atoms with E-state index in [2.05, 4.69) is 29.1 Å². The Bertz CT molecular complexity index is 291. The Morgan fingerprint density at radius 1 is 1.44 bits per heavy atom. The largest absolute Gasteiger partial charge is 0.381 e. The van der Waals surface area contributed by atoms with Crippen LogP contribution < -0.4 is 5.32 Å². The molecule has 0 amide bonds. The molecule has 0 radical (unpaired) electrons. The minimum atomic E-state index is 0.451. The van der Waals surface area contributed by atoms with Gasteiger partial charge in [-0.15, -0.1) is 0 Å². The number of rotatable bonds is 5. The first kappa shape index (κ1) is 12.1. The summed E-state index contributed by atoms with van der Waals surface area (Å²) < 4.78 is 5.40. The zero-order valence-electron chi connectivity index (χ0n) is 10.00. The molecule has 2 nitrogen and oxygen atoms in total. The summed E-state index contributed by atoms with van der Waals surface area (Å²) in [6.45, 7) is 6.45. The molecule has 1 saturated heterocycles. The van der Waals surface area contributed by atoms with Crippen molar-refractivity contribution in [1.82, 2.24) is 5.32 Å². The maximum Gasteiger partial charge on any atom is 0.0471 e. The van der Waals surface area contributed by atoms with Crippen LogP contribution in [0.1, 0.15) is 25.3 Å². The van der Waals surface area contributed by atoms with Crippen molar-refractivity contribution in [1.29, 1.82) is 0 Å². The van der Waals surface area contributed by atoms with Gasteiger partial charge in [0.2, 0.25) is 0 Å². The van der Waals surface area contributed by atoms with Crippen LogP contribution in [0.4, 0.5) is 0 Å². The van der Waals surface area contributed by atoms with Crippen molar-refractivity contribution in [2.45, 2.75) is 26.2 Å². The normalized spacial score (nSPS) is 19.8. The van der Waals surface area contributed by atoms with E-state index < -0.39 is 0 Å². The van der Waals surface area contributed by atoms with Crippen LogP contribution in [0.3, 0.4) is 0 Å². The fourth-order valence-electron chi connectivity index (χ4n) is 2.10. The highest BCUT2D eigenvalue weighted by Crippen LogP contribution is 2.28. The Labute approximate surface area is 102 Å². The molecule has 1 N–H and O–H groups in total. The third-order valence-electron chi connectivity index (χ3n) is 3.42. The third-order valence-corrected chi connectivity index (χ3v) is 4.15. The molecule has 0 unspecified atom stereocenters. The van der Waals surface area contributed by atoms with Crippen molar-refractivity contribution in [3.05, 3.63) is 22.4 Å². The molecular formula is C13H21NOS. The van der Waals surface area contributed by atoms with Crippen LogP contribution in [0.15, 0.2) is 16.8 Å². The Balaban J connectivity index is 1.63. The number of hydrogen-bond donors (Lipinski definition) is 1. The maximum absolute atomic E-state index is 5.40. The lowest BCUT2D eigenvalue weighted by Crippen LogP contribution is -2.37. The van der Waals surface area contributed by atoms with E-state index in [-0.39, 0.29) is 0 Å². The molecule has 90 valence electrons. The summed E-state index contributed by atoms with van der Waals surface area (Å²) in [4.78, 5) is 0. The van der Waals surface area contributed by atoms with Crippen molar-refractivity contribution in [2.24, 2.45) is 5.41 Å². The van der Waals surface area contributed by atoms with Crippen LogP contribution in [0.2, 0.25) is 0 Å². The van der Waals surface area contributed by atoms with Crippen molar-refractivity contribution < 1.29 is 4.74 Å². The van der Waals surface area contributed by atoms with Gasteiger partial charge in [0.25, 0.3) is 0 Å². The minimum Gasteiger partial charge on any atom is -0.381 e. The second-order valence-corrected chi connectivity index (χ2v) is 5.76. The van der Waals surface area contributed by atoms with Crippen LogP contribution in [0.25, 0.3) is 0 Å². The summed E-state index contributed by atoms with van der Waals surface area (Å²) in [5, 5.41) is 7.96. The molecule has 2 heterocycles. The summed E-state index contributed by atoms with van der Waals surface area (Å²) in [6.07, 6.45) is 3.53. The molecule has 1 aliphatic heterocycles. The van der Waals surface area contributed by atoms with E-state index in [0.717, 1.165) is 32.7 Å². The molecule has 0 aromatic carbocycles. The van der Waals surface area contributed by atoms with Gasteiger partial charge in [-0.3, -0.25) is 0 Å². The third kappa shape index (κ3) is 3.58. The molecule has 1 aromatic heterocycles. The predicted octanol–water partition coefficient (Wildman–Crippen LogP) is 2.70. The zero-order chi connectivity index (χ0) is 11.3. The average Bonchev–Trinajstić information content (AvgIpc) is 2.78. The smallest absolute Gasteiger partial charge is 0.0471 e. The first-order valence-corrected chi connectivity index (χ1v) is 7.02. The Kier molecular flexibility index (Phi) is 4.38. The second-order valence-electron chi connectivity index (χ2n) is 4.98. The predicted molar refractivity (Wildman–Crippen MR) is 69.1 cm³/mol. The Hall–Kier alpha value is -0.380. The van der Waals surface area contributed by atoms with E-state index in [1.165, 1.54) is 18.4 Å². The highest BCUT2D eigenvalue weighted by molar-refractivity contribution is 7.07. The standard InChI is InChI=1S/C13H21NOS/c1-13(4-7-15-8-5-13)11-14-6-2-12-3-9-16-10-12/h3,9-10,14H,2,4-8,11H2,1H3. The average molecular weight is 239 g/mol. The molecule has 0 atom stereocenters. The van der Waals surface area contributed by atoms with Gasteiger partial charge in [-0.05, 0) is 53.6 Å². The molecule has 0 bridgehead atoms. The van der Waals surface area contributed by atoms with E-state index in [1.54, 1.807) is 11.3 Å². The number of thiophene rings is 1. The van der Waals surface area contributed by atoms with Gasteiger partial charge in [-0.1, -0.05) is 6.92 Å². The molecule has 1 fully saturated rings. The van der Waals surface area contributed by atoms with Gasteiger partial charge in [-0.2, -0.15) is 11.3 Å². The molecule has 0 saturated carbocycles. The Morgan fingerprint density at radius 3 is 2.94 bits per heavy atom. The molecule has 16 heavy (non-hydrogen) atoms. The molecule has 1 aliphatic rings. The van der Waals surface area contributed by atoms with Crippen LogP contribution >= 0.6 is 11.3 Å². The van der Waals surface area contributed by atoms with Gasteiger partial charge < -0.3 is 10.1 Å². The van der Waals surface area contributed by atoms with Crippen molar-refractivity contribution in [2.75, 3.05) is 26.3 Å². The number of ether oxygens (including phenoxy) is 1. The summed E-state index contributed by atoms with van der Waals surface area (Å²) >= 11 is 1.78. The van der Waals surface area contributed by atoms with Crippen LogP contribution in [-0.4, -0.2) is 26.3 Å². The summed E-state index contributed by atoms with van der Waals surface area (Å²) in [5.74, 6) is 0. The first-order chi connectivity index (χ1) is 7.79. The Morgan fingerprint density at radius 2 is 2.25 bits per heavy atom. The van der Waals surface area contributed by atoms with Crippen molar-refractivity contribution in [3.8, 4) is 0 Å². The van der Waals surface area contributed by atoms with Gasteiger partial charge in [0.15, 0.2) is 0 Å². The fraction of sp³-hybridized carbons (Fsp3) is 0.692. The van der Waals surface area contributed by atoms with E-state index in [4.69, 9.17) is 4.74 Å². The van der Waals surface area contributed by atoms with Gasteiger partial charge in [0.1, 0.15) is 0 Å². The highest BCUT2D eigenvalue weighted by atomic mass is 32.1. The molecule has 1 aromatic rings. The molecule has 0 spiro atoms. The number of nitrogens with one attached hydrogen (secondary N) is 1. The van der Waals surface area contributed by atoms with Gasteiger partial charge in [0.05, 0.1) is 0 Å². The second kappa shape index (κ2) is 5.80. The quantitative estimate of drug-likeness (QED) is 0.798. The van der Waals surface area contributed by atoms with E-state index in [0.29, 0.717) is 5.41 Å². The molecular weight excluding hydrogens is 218 g/mol. The SMILES string of the molecule is CC1(CNCCc2ccsc2)CCOCC1. The van der Waals surface area contributed by atoms with Crippen LogP contribution in [-0.2, 0) is 11.2 Å². The summed E-state index contributed by atoms with van der Waals surface area (Å²) in [6, 6.07) is 2.21. The van der Waals surface area contributed by atoms with Gasteiger partial charge in [0, 0.05) is 19.8 Å². The lowest BCUT2D eigenvalue weighted by atomic mass is 9.82. The van der Waals surface area contributed by atoms with Crippen LogP contribution in [0, 0.1) is 5.41 Å². The monoisotopic (exact) mass is 239 g/mol. The minimum absolute atomic E-state index is 0.451. The van der Waals surface area contributed by atoms with Crippen molar-refractivity contribution >= 4 is 11.3 Å². The maximum atomic E-state index is 5.40. The molecule has 3 heteroatoms. The first-order valence-electron chi connectivity index (χ1n) is 6.08. The van der Waals surface area contributed by atoms with E-state index in [1.807, 2.05) is 0 Å². The summed E-state index contributed by atoms with van der Waals surface area (Å²) in [5.41, 5.74) is 1.90. The zero-order valence-corrected chi connectivity index (χ0v) is 10.8.